The topological polar surface area (TPSA) is 67.4 Å². The number of hydrogen-bond acceptors (Lipinski definition) is 4. The van der Waals surface area contributed by atoms with E-state index in [2.05, 4.69) is 4.98 Å². The highest BCUT2D eigenvalue weighted by Gasteiger charge is 2.22. The van der Waals surface area contributed by atoms with E-state index in [1.165, 1.54) is 12.4 Å². The van der Waals surface area contributed by atoms with E-state index in [4.69, 9.17) is 5.73 Å². The van der Waals surface area contributed by atoms with Crippen molar-refractivity contribution in [1.82, 2.24) is 19.4 Å². The molecule has 2 heterocycles. The Morgan fingerprint density at radius 1 is 1.26 bits per heavy atom. The van der Waals surface area contributed by atoms with E-state index in [-0.39, 0.29) is 30.7 Å². The van der Waals surface area contributed by atoms with Crippen LogP contribution >= 0.6 is 24.8 Å². The number of nitrogens with zero attached hydrogens (tertiary/aromatic N) is 4. The molecule has 1 saturated heterocycles. The largest absolute Gasteiger partial charge is 0.340 e. The summed E-state index contributed by atoms with van der Waals surface area (Å²) in [6.45, 7) is 0.915. The number of hydrogen-bond donors (Lipinski definition) is 1. The third-order valence-electron chi connectivity index (χ3n) is 3.64. The quantitative estimate of drug-likeness (QED) is 0.820. The molecule has 10 heteroatoms. The van der Waals surface area contributed by atoms with Crippen molar-refractivity contribution in [2.75, 3.05) is 32.7 Å². The standard InChI is InChI=1S/C13H21F2N5O.2ClH/c14-13(15)20-5-4-17-11(20)10-18-6-8-19(9-7-18)12(21)2-1-3-16;;/h4-5,13H,1-3,6-10,16H2;2*1H. The van der Waals surface area contributed by atoms with Crippen molar-refractivity contribution >= 4 is 30.7 Å². The maximum Gasteiger partial charge on any atom is 0.319 e. The molecule has 1 aliphatic rings. The molecule has 134 valence electrons. The van der Waals surface area contributed by atoms with Crippen LogP contribution in [0.3, 0.4) is 0 Å². The fraction of sp³-hybridized carbons (Fsp3) is 0.692. The van der Waals surface area contributed by atoms with Gasteiger partial charge < -0.3 is 10.6 Å². The van der Waals surface area contributed by atoms with E-state index in [0.29, 0.717) is 57.9 Å². The lowest BCUT2D eigenvalue weighted by molar-refractivity contribution is -0.133. The molecule has 1 fully saturated rings. The number of carbonyl (C=O) groups is 1. The first-order valence-corrected chi connectivity index (χ1v) is 7.12. The first-order valence-electron chi connectivity index (χ1n) is 7.12. The lowest BCUT2D eigenvalue weighted by Crippen LogP contribution is -2.48. The number of nitrogens with two attached hydrogens (primary N) is 1. The zero-order valence-electron chi connectivity index (χ0n) is 12.7. The van der Waals surface area contributed by atoms with Gasteiger partial charge in [0.05, 0.1) is 6.54 Å². The zero-order valence-corrected chi connectivity index (χ0v) is 14.4. The third-order valence-corrected chi connectivity index (χ3v) is 3.64. The van der Waals surface area contributed by atoms with Gasteiger partial charge in [-0.1, -0.05) is 0 Å². The average Bonchev–Trinajstić information content (AvgIpc) is 2.94. The summed E-state index contributed by atoms with van der Waals surface area (Å²) >= 11 is 0. The summed E-state index contributed by atoms with van der Waals surface area (Å²) in [7, 11) is 0. The molecule has 1 amide bonds. The monoisotopic (exact) mass is 373 g/mol. The van der Waals surface area contributed by atoms with Gasteiger partial charge in [-0.3, -0.25) is 14.3 Å². The maximum atomic E-state index is 12.7. The molecular weight excluding hydrogens is 351 g/mol. The molecule has 2 N–H and O–H groups in total. The van der Waals surface area contributed by atoms with E-state index >= 15 is 0 Å². The predicted octanol–water partition coefficient (Wildman–Crippen LogP) is 1.50. The number of aromatic nitrogens is 2. The van der Waals surface area contributed by atoms with Gasteiger partial charge in [-0.05, 0) is 13.0 Å². The van der Waals surface area contributed by atoms with Gasteiger partial charge in [-0.15, -0.1) is 24.8 Å². The summed E-state index contributed by atoms with van der Waals surface area (Å²) < 4.78 is 26.4. The van der Waals surface area contributed by atoms with Crippen LogP contribution in [-0.2, 0) is 11.3 Å². The number of carbonyl (C=O) groups excluding carboxylic acids is 1. The second kappa shape index (κ2) is 10.7. The van der Waals surface area contributed by atoms with Crippen LogP contribution in [0.4, 0.5) is 8.78 Å². The highest BCUT2D eigenvalue weighted by Crippen LogP contribution is 2.15. The van der Waals surface area contributed by atoms with Crippen LogP contribution in [0.2, 0.25) is 0 Å². The summed E-state index contributed by atoms with van der Waals surface area (Å²) in [6, 6.07) is 0. The Hall–Kier alpha value is -0.960. The van der Waals surface area contributed by atoms with Crippen molar-refractivity contribution in [2.24, 2.45) is 5.73 Å². The molecule has 23 heavy (non-hydrogen) atoms. The molecule has 1 aromatic heterocycles. The molecule has 0 atom stereocenters. The molecule has 0 spiro atoms. The number of piperazine rings is 1. The van der Waals surface area contributed by atoms with Gasteiger partial charge in [0.25, 0.3) is 0 Å². The van der Waals surface area contributed by atoms with Gasteiger partial charge in [0.15, 0.2) is 0 Å². The van der Waals surface area contributed by atoms with Gasteiger partial charge in [0, 0.05) is 45.0 Å². The first kappa shape index (κ1) is 22.0. The smallest absolute Gasteiger partial charge is 0.319 e. The van der Waals surface area contributed by atoms with Crippen LogP contribution in [0, 0.1) is 0 Å². The van der Waals surface area contributed by atoms with E-state index in [1.807, 2.05) is 9.80 Å². The summed E-state index contributed by atoms with van der Waals surface area (Å²) in [5.74, 6) is 0.474. The van der Waals surface area contributed by atoms with Gasteiger partial charge in [-0.2, -0.15) is 8.78 Å². The normalized spacial score (nSPS) is 15.2. The minimum Gasteiger partial charge on any atom is -0.340 e. The molecule has 0 aromatic carbocycles. The second-order valence-corrected chi connectivity index (χ2v) is 5.08. The predicted molar refractivity (Wildman–Crippen MR) is 88.1 cm³/mol. The number of halogens is 4. The fourth-order valence-corrected chi connectivity index (χ4v) is 2.41. The lowest BCUT2D eigenvalue weighted by atomic mass is 10.2. The molecule has 0 aliphatic carbocycles. The SMILES string of the molecule is Cl.Cl.NCCCC(=O)N1CCN(Cc2nccn2C(F)F)CC1. The van der Waals surface area contributed by atoms with Gasteiger partial charge >= 0.3 is 6.55 Å². The summed E-state index contributed by atoms with van der Waals surface area (Å²) in [5, 5.41) is 0. The van der Waals surface area contributed by atoms with Crippen LogP contribution in [0.25, 0.3) is 0 Å². The van der Waals surface area contributed by atoms with Crippen molar-refractivity contribution in [3.05, 3.63) is 18.2 Å². The molecule has 1 aliphatic heterocycles. The van der Waals surface area contributed by atoms with E-state index in [0.717, 1.165) is 4.57 Å². The summed E-state index contributed by atoms with van der Waals surface area (Å²) in [6.07, 6.45) is 3.85. The molecule has 1 aromatic rings. The van der Waals surface area contributed by atoms with Crippen LogP contribution in [0.15, 0.2) is 12.4 Å². The maximum absolute atomic E-state index is 12.7. The highest BCUT2D eigenvalue weighted by molar-refractivity contribution is 5.85. The Kier molecular flexibility index (Phi) is 10.3. The molecule has 0 saturated carbocycles. The third kappa shape index (κ3) is 6.21. The highest BCUT2D eigenvalue weighted by atomic mass is 35.5. The Labute approximate surface area is 146 Å². The second-order valence-electron chi connectivity index (χ2n) is 5.08. The van der Waals surface area contributed by atoms with Crippen LogP contribution in [0.1, 0.15) is 25.2 Å². The number of amides is 1. The van der Waals surface area contributed by atoms with E-state index in [9.17, 15) is 13.6 Å². The van der Waals surface area contributed by atoms with E-state index < -0.39 is 6.55 Å². The summed E-state index contributed by atoms with van der Waals surface area (Å²) in [5.41, 5.74) is 5.39. The van der Waals surface area contributed by atoms with Crippen molar-refractivity contribution in [3.63, 3.8) is 0 Å². The zero-order chi connectivity index (χ0) is 15.2. The number of imidazole rings is 1. The molecule has 0 unspecified atom stereocenters. The van der Waals surface area contributed by atoms with Crippen molar-refractivity contribution in [1.29, 1.82) is 0 Å². The van der Waals surface area contributed by atoms with Crippen LogP contribution in [-0.4, -0.2) is 58.0 Å². The molecule has 2 rings (SSSR count). The number of rotatable bonds is 6. The van der Waals surface area contributed by atoms with Crippen LogP contribution in [0.5, 0.6) is 0 Å². The van der Waals surface area contributed by atoms with Gasteiger partial charge in [-0.25, -0.2) is 4.98 Å². The summed E-state index contributed by atoms with van der Waals surface area (Å²) in [4.78, 5) is 19.7. The first-order chi connectivity index (χ1) is 10.1. The van der Waals surface area contributed by atoms with Crippen molar-refractivity contribution in [2.45, 2.75) is 25.9 Å². The fourth-order valence-electron chi connectivity index (χ4n) is 2.41. The Bertz CT molecular complexity index is 467. The minimum absolute atomic E-state index is 0. The Balaban J connectivity index is 0.00000242. The Morgan fingerprint density at radius 3 is 2.48 bits per heavy atom. The molecular formula is C13H23Cl2F2N5O. The Morgan fingerprint density at radius 2 is 1.91 bits per heavy atom. The van der Waals surface area contributed by atoms with Crippen LogP contribution < -0.4 is 5.73 Å². The molecule has 0 radical (unpaired) electrons. The van der Waals surface area contributed by atoms with E-state index in [1.54, 1.807) is 0 Å². The average molecular weight is 374 g/mol. The van der Waals surface area contributed by atoms with Gasteiger partial charge in [0.2, 0.25) is 5.91 Å². The number of alkyl halides is 2. The lowest BCUT2D eigenvalue weighted by Gasteiger charge is -2.34. The molecule has 0 bridgehead atoms. The molecule has 6 nitrogen and oxygen atoms in total. The van der Waals surface area contributed by atoms with Crippen molar-refractivity contribution in [3.8, 4) is 0 Å². The minimum atomic E-state index is -2.57. The van der Waals surface area contributed by atoms with Gasteiger partial charge in [0.1, 0.15) is 5.82 Å². The van der Waals surface area contributed by atoms with Crippen molar-refractivity contribution < 1.29 is 13.6 Å².